The number of likely N-dealkylation sites (N-methyl/N-ethyl adjacent to an activating group) is 1. The van der Waals surface area contributed by atoms with E-state index in [2.05, 4.69) is 0 Å². The van der Waals surface area contributed by atoms with Gasteiger partial charge in [0.15, 0.2) is 0 Å². The highest BCUT2D eigenvalue weighted by atomic mass is 19.4. The first kappa shape index (κ1) is 31.6. The van der Waals surface area contributed by atoms with Gasteiger partial charge < -0.3 is 9.80 Å². The number of halogens is 7. The average Bonchev–Trinajstić information content (AvgIpc) is 2.90. The third kappa shape index (κ3) is 5.93. The van der Waals surface area contributed by atoms with E-state index in [0.717, 1.165) is 4.90 Å². The van der Waals surface area contributed by atoms with Crippen LogP contribution in [-0.4, -0.2) is 71.8 Å². The lowest BCUT2D eigenvalue weighted by Crippen LogP contribution is -2.68. The van der Waals surface area contributed by atoms with Crippen LogP contribution in [0.25, 0.3) is 0 Å². The van der Waals surface area contributed by atoms with Gasteiger partial charge in [0.25, 0.3) is 0 Å². The van der Waals surface area contributed by atoms with Gasteiger partial charge in [-0.15, -0.1) is 0 Å². The van der Waals surface area contributed by atoms with Crippen molar-refractivity contribution < 1.29 is 40.3 Å². The average molecular weight is 603 g/mol. The summed E-state index contributed by atoms with van der Waals surface area (Å²) in [6, 6.07) is 3.49. The number of alkyl halides is 6. The van der Waals surface area contributed by atoms with E-state index < -0.39 is 47.0 Å². The minimum Gasteiger partial charge on any atom is -0.321 e. The van der Waals surface area contributed by atoms with E-state index in [1.165, 1.54) is 37.1 Å². The van der Waals surface area contributed by atoms with Crippen molar-refractivity contribution in [3.05, 3.63) is 70.0 Å². The molecule has 2 atom stereocenters. The van der Waals surface area contributed by atoms with Crippen LogP contribution in [0.4, 0.5) is 35.5 Å². The van der Waals surface area contributed by atoms with Gasteiger partial charge in [-0.3, -0.25) is 14.6 Å². The lowest BCUT2D eigenvalue weighted by atomic mass is 9.83. The molecule has 0 radical (unpaired) electrons. The quantitative estimate of drug-likeness (QED) is 0.381. The summed E-state index contributed by atoms with van der Waals surface area (Å²) in [5, 5.41) is 0. The first-order valence-corrected chi connectivity index (χ1v) is 13.6. The van der Waals surface area contributed by atoms with Gasteiger partial charge in [-0.2, -0.15) is 26.3 Å². The van der Waals surface area contributed by atoms with Crippen molar-refractivity contribution in [1.29, 1.82) is 0 Å². The molecule has 13 heteroatoms. The molecule has 230 valence electrons. The predicted octanol–water partition coefficient (Wildman–Crippen LogP) is 6.40. The Bertz CT molecular complexity index is 1310. The molecule has 2 aromatic carbocycles. The number of amides is 3. The number of nitrogens with zero attached hydrogens (tertiary/aromatic N) is 4. The van der Waals surface area contributed by atoms with E-state index in [0.29, 0.717) is 49.1 Å². The fraction of sp³-hybridized carbons (Fsp3) is 0.517. The maximum atomic E-state index is 14.2. The molecule has 2 fully saturated rings. The third-order valence-electron chi connectivity index (χ3n) is 8.29. The molecule has 2 aliphatic heterocycles. The van der Waals surface area contributed by atoms with Crippen LogP contribution in [0, 0.1) is 12.7 Å². The minimum atomic E-state index is -5.04. The summed E-state index contributed by atoms with van der Waals surface area (Å²) in [4.78, 5) is 33.7. The molecule has 0 spiro atoms. The second kappa shape index (κ2) is 11.4. The van der Waals surface area contributed by atoms with Crippen LogP contribution < -0.4 is 0 Å². The molecule has 0 aliphatic carbocycles. The number of likely N-dealkylation sites (tertiary alicyclic amines) is 1. The number of benzene rings is 2. The SMILES string of the molecule is Cc1cc(F)ccc1[C@@]1(N2CCN(C)CC2=O)CCCCN1C(=O)N(C)[C@H](C)c1cc(C(F)(F)F)cc(C(F)(F)F)c1. The molecule has 4 rings (SSSR count). The molecule has 42 heavy (non-hydrogen) atoms. The Labute approximate surface area is 239 Å². The maximum absolute atomic E-state index is 14.2. The van der Waals surface area contributed by atoms with Crippen molar-refractivity contribution in [1.82, 2.24) is 19.6 Å². The summed E-state index contributed by atoms with van der Waals surface area (Å²) < 4.78 is 95.5. The number of carbonyl (C=O) groups excluding carboxylic acids is 2. The predicted molar refractivity (Wildman–Crippen MR) is 141 cm³/mol. The minimum absolute atomic E-state index is 0.0456. The third-order valence-corrected chi connectivity index (χ3v) is 8.29. The monoisotopic (exact) mass is 602 g/mol. The molecular formula is C29H33F7N4O2. The van der Waals surface area contributed by atoms with Gasteiger partial charge in [-0.1, -0.05) is 6.07 Å². The zero-order chi connectivity index (χ0) is 31.2. The highest BCUT2D eigenvalue weighted by Crippen LogP contribution is 2.45. The molecule has 0 unspecified atom stereocenters. The first-order chi connectivity index (χ1) is 19.5. The van der Waals surface area contributed by atoms with Crippen molar-refractivity contribution in [2.24, 2.45) is 0 Å². The van der Waals surface area contributed by atoms with Crippen molar-refractivity contribution in [3.8, 4) is 0 Å². The number of piperidine rings is 1. The van der Waals surface area contributed by atoms with E-state index in [-0.39, 0.29) is 37.2 Å². The van der Waals surface area contributed by atoms with E-state index in [1.54, 1.807) is 18.9 Å². The molecule has 0 N–H and O–H groups in total. The normalized spacial score (nSPS) is 21.5. The molecule has 2 aliphatic rings. The zero-order valence-electron chi connectivity index (χ0n) is 23.7. The van der Waals surface area contributed by atoms with Crippen molar-refractivity contribution in [2.45, 2.75) is 57.2 Å². The fourth-order valence-electron chi connectivity index (χ4n) is 5.98. The number of hydrogen-bond acceptors (Lipinski definition) is 3. The summed E-state index contributed by atoms with van der Waals surface area (Å²) in [6.45, 7) is 4.04. The van der Waals surface area contributed by atoms with Gasteiger partial charge in [-0.05, 0) is 81.6 Å². The highest BCUT2D eigenvalue weighted by molar-refractivity contribution is 5.82. The van der Waals surface area contributed by atoms with E-state index in [9.17, 15) is 40.3 Å². The highest BCUT2D eigenvalue weighted by Gasteiger charge is 2.52. The van der Waals surface area contributed by atoms with Gasteiger partial charge in [-0.25, -0.2) is 9.18 Å². The number of piperazine rings is 1. The number of urea groups is 1. The molecule has 0 aromatic heterocycles. The van der Waals surface area contributed by atoms with Crippen LogP contribution in [0.5, 0.6) is 0 Å². The standard InChI is InChI=1S/C29H33F7N4O2/c1-18-13-23(30)7-8-24(18)27(39-12-11-37(3)17-25(39)41)9-5-6-10-40(27)26(42)38(4)19(2)20-14-21(28(31,32)33)16-22(15-20)29(34,35)36/h7-8,13-16,19H,5-6,9-12,17H2,1-4H3/t19-,27-/m1/s1. The Kier molecular flexibility index (Phi) is 8.56. The van der Waals surface area contributed by atoms with Crippen molar-refractivity contribution in [2.75, 3.05) is 40.3 Å². The van der Waals surface area contributed by atoms with Gasteiger partial charge in [0.2, 0.25) is 5.91 Å². The van der Waals surface area contributed by atoms with Crippen LogP contribution in [0.3, 0.4) is 0 Å². The molecule has 6 nitrogen and oxygen atoms in total. The molecule has 2 heterocycles. The van der Waals surface area contributed by atoms with Crippen LogP contribution in [0.1, 0.15) is 60.0 Å². The Morgan fingerprint density at radius 1 is 0.952 bits per heavy atom. The van der Waals surface area contributed by atoms with Crippen molar-refractivity contribution >= 4 is 11.9 Å². The second-order valence-corrected chi connectivity index (χ2v) is 11.1. The maximum Gasteiger partial charge on any atom is 0.416 e. The smallest absolute Gasteiger partial charge is 0.321 e. The van der Waals surface area contributed by atoms with Gasteiger partial charge >= 0.3 is 18.4 Å². The summed E-state index contributed by atoms with van der Waals surface area (Å²) in [5.74, 6) is -0.754. The Morgan fingerprint density at radius 2 is 1.57 bits per heavy atom. The molecule has 2 aromatic rings. The summed E-state index contributed by atoms with van der Waals surface area (Å²) in [6.07, 6.45) is -8.57. The van der Waals surface area contributed by atoms with E-state index in [1.807, 2.05) is 4.90 Å². The summed E-state index contributed by atoms with van der Waals surface area (Å²) in [7, 11) is 3.10. The Balaban J connectivity index is 1.81. The lowest BCUT2D eigenvalue weighted by Gasteiger charge is -2.56. The Hall–Kier alpha value is -3.35. The number of rotatable bonds is 4. The number of carbonyl (C=O) groups is 2. The molecule has 0 bridgehead atoms. The van der Waals surface area contributed by atoms with E-state index >= 15 is 0 Å². The van der Waals surface area contributed by atoms with Gasteiger partial charge in [0.1, 0.15) is 11.5 Å². The van der Waals surface area contributed by atoms with Gasteiger partial charge in [0, 0.05) is 32.2 Å². The Morgan fingerprint density at radius 3 is 2.12 bits per heavy atom. The molecular weight excluding hydrogens is 569 g/mol. The van der Waals surface area contributed by atoms with Crippen LogP contribution in [0.2, 0.25) is 0 Å². The largest absolute Gasteiger partial charge is 0.416 e. The first-order valence-electron chi connectivity index (χ1n) is 13.6. The molecule has 0 saturated carbocycles. The van der Waals surface area contributed by atoms with Crippen molar-refractivity contribution in [3.63, 3.8) is 0 Å². The van der Waals surface area contributed by atoms with Crippen LogP contribution in [0.15, 0.2) is 36.4 Å². The summed E-state index contributed by atoms with van der Waals surface area (Å²) in [5.41, 5.74) is -3.58. The summed E-state index contributed by atoms with van der Waals surface area (Å²) >= 11 is 0. The van der Waals surface area contributed by atoms with Crippen LogP contribution >= 0.6 is 0 Å². The van der Waals surface area contributed by atoms with Crippen LogP contribution in [-0.2, 0) is 22.8 Å². The number of hydrogen-bond donors (Lipinski definition) is 0. The molecule has 2 saturated heterocycles. The fourth-order valence-corrected chi connectivity index (χ4v) is 5.98. The van der Waals surface area contributed by atoms with Gasteiger partial charge in [0.05, 0.1) is 23.7 Å². The second-order valence-electron chi connectivity index (χ2n) is 11.1. The number of aryl methyl sites for hydroxylation is 1. The lowest BCUT2D eigenvalue weighted by molar-refractivity contribution is -0.157. The van der Waals surface area contributed by atoms with E-state index in [4.69, 9.17) is 0 Å². The topological polar surface area (TPSA) is 47.1 Å². The molecule has 3 amide bonds. The zero-order valence-corrected chi connectivity index (χ0v) is 23.7.